The molecular formula is C11H19ClN2O4. The number of likely N-dealkylation sites (tertiary alicyclic amines) is 1. The molecule has 0 aromatic heterocycles. The Kier molecular flexibility index (Phi) is 4.81. The van der Waals surface area contributed by atoms with Gasteiger partial charge >= 0.3 is 12.1 Å². The van der Waals surface area contributed by atoms with Gasteiger partial charge < -0.3 is 9.84 Å². The summed E-state index contributed by atoms with van der Waals surface area (Å²) in [7, 11) is 0. The Hall–Kier alpha value is -1.01. The fourth-order valence-electron chi connectivity index (χ4n) is 1.84. The van der Waals surface area contributed by atoms with Crippen LogP contribution in [0, 0.1) is 0 Å². The van der Waals surface area contributed by atoms with Gasteiger partial charge in [-0.15, -0.1) is 0 Å². The molecule has 1 saturated heterocycles. The molecule has 1 aliphatic heterocycles. The van der Waals surface area contributed by atoms with Crippen LogP contribution < -0.4 is 4.84 Å². The van der Waals surface area contributed by atoms with Crippen molar-refractivity contribution in [3.05, 3.63) is 0 Å². The Labute approximate surface area is 111 Å². The third-order valence-electron chi connectivity index (χ3n) is 2.65. The second-order valence-electron chi connectivity index (χ2n) is 5.37. The van der Waals surface area contributed by atoms with Gasteiger partial charge in [0.2, 0.25) is 0 Å². The zero-order chi connectivity index (χ0) is 13.9. The van der Waals surface area contributed by atoms with E-state index in [1.54, 1.807) is 20.8 Å². The Morgan fingerprint density at radius 2 is 2.00 bits per heavy atom. The van der Waals surface area contributed by atoms with Crippen molar-refractivity contribution in [1.82, 2.24) is 9.74 Å². The van der Waals surface area contributed by atoms with Gasteiger partial charge in [0.25, 0.3) is 0 Å². The third-order valence-corrected chi connectivity index (χ3v) is 2.96. The molecule has 1 rings (SSSR count). The van der Waals surface area contributed by atoms with Gasteiger partial charge in [0.1, 0.15) is 11.6 Å². The lowest BCUT2D eigenvalue weighted by atomic mass is 9.99. The van der Waals surface area contributed by atoms with Crippen molar-refractivity contribution in [2.75, 3.05) is 6.54 Å². The van der Waals surface area contributed by atoms with E-state index >= 15 is 0 Å². The molecule has 0 radical (unpaired) electrons. The molecule has 6 nitrogen and oxygen atoms in total. The van der Waals surface area contributed by atoms with Gasteiger partial charge in [-0.1, -0.05) is 0 Å². The Morgan fingerprint density at radius 3 is 2.44 bits per heavy atom. The molecule has 0 aliphatic carbocycles. The highest BCUT2D eigenvalue weighted by Crippen LogP contribution is 2.21. The molecule has 0 aromatic rings. The zero-order valence-corrected chi connectivity index (χ0v) is 11.5. The number of nitrogens with zero attached hydrogens (tertiary/aromatic N) is 1. The lowest BCUT2D eigenvalue weighted by Crippen LogP contribution is -2.55. The van der Waals surface area contributed by atoms with Gasteiger partial charge in [-0.2, -0.15) is 0 Å². The monoisotopic (exact) mass is 278 g/mol. The molecule has 2 N–H and O–H groups in total. The van der Waals surface area contributed by atoms with Crippen LogP contribution in [0.25, 0.3) is 0 Å². The summed E-state index contributed by atoms with van der Waals surface area (Å²) in [6.45, 7) is 5.45. The molecular weight excluding hydrogens is 260 g/mol. The number of amides is 1. The number of hydrogen-bond acceptors (Lipinski definition) is 4. The molecule has 1 aliphatic rings. The van der Waals surface area contributed by atoms with Crippen LogP contribution in [0.2, 0.25) is 0 Å². The lowest BCUT2D eigenvalue weighted by Gasteiger charge is -2.37. The number of rotatable bonds is 2. The fraction of sp³-hybridized carbons (Fsp3) is 0.818. The first-order valence-corrected chi connectivity index (χ1v) is 6.21. The summed E-state index contributed by atoms with van der Waals surface area (Å²) in [5, 5.41) is 9.11. The van der Waals surface area contributed by atoms with E-state index in [-0.39, 0.29) is 12.6 Å². The molecule has 1 fully saturated rings. The first-order chi connectivity index (χ1) is 8.24. The number of piperidine rings is 1. The van der Waals surface area contributed by atoms with Crippen molar-refractivity contribution in [3.8, 4) is 0 Å². The summed E-state index contributed by atoms with van der Waals surface area (Å²) >= 11 is 5.53. The van der Waals surface area contributed by atoms with Crippen molar-refractivity contribution >= 4 is 23.8 Å². The Morgan fingerprint density at radius 1 is 1.39 bits per heavy atom. The molecule has 0 unspecified atom stereocenters. The molecule has 2 atom stereocenters. The SMILES string of the molecule is CC(C)(C)OC(=O)N1C[C@@H](NCl)CC[C@@H]1C(=O)O. The van der Waals surface area contributed by atoms with E-state index in [9.17, 15) is 9.59 Å². The number of nitrogens with one attached hydrogen (secondary N) is 1. The number of carbonyl (C=O) groups is 2. The summed E-state index contributed by atoms with van der Waals surface area (Å²) in [5.41, 5.74) is -0.651. The molecule has 0 spiro atoms. The summed E-state index contributed by atoms with van der Waals surface area (Å²) in [6, 6.07) is -0.962. The number of aliphatic carboxylic acids is 1. The fourth-order valence-corrected chi connectivity index (χ4v) is 2.02. The zero-order valence-electron chi connectivity index (χ0n) is 10.8. The highest BCUT2D eigenvalue weighted by atomic mass is 35.5. The predicted molar refractivity (Wildman–Crippen MR) is 66.4 cm³/mol. The topological polar surface area (TPSA) is 78.9 Å². The van der Waals surface area contributed by atoms with E-state index in [0.717, 1.165) is 0 Å². The maximum Gasteiger partial charge on any atom is 0.411 e. The van der Waals surface area contributed by atoms with Gasteiger partial charge in [0, 0.05) is 12.6 Å². The highest BCUT2D eigenvalue weighted by Gasteiger charge is 2.37. The van der Waals surface area contributed by atoms with Gasteiger partial charge in [-0.25, -0.2) is 14.4 Å². The van der Waals surface area contributed by atoms with E-state index in [1.807, 2.05) is 0 Å². The van der Waals surface area contributed by atoms with Crippen LogP contribution in [0.1, 0.15) is 33.6 Å². The average Bonchev–Trinajstić information content (AvgIpc) is 2.25. The second-order valence-corrected chi connectivity index (χ2v) is 5.59. The van der Waals surface area contributed by atoms with Crippen molar-refractivity contribution < 1.29 is 19.4 Å². The van der Waals surface area contributed by atoms with Crippen LogP contribution in [-0.4, -0.2) is 46.3 Å². The molecule has 18 heavy (non-hydrogen) atoms. The largest absolute Gasteiger partial charge is 0.480 e. The first-order valence-electron chi connectivity index (χ1n) is 5.83. The summed E-state index contributed by atoms with van der Waals surface area (Å²) < 4.78 is 5.20. The maximum absolute atomic E-state index is 12.0. The van der Waals surface area contributed by atoms with Crippen LogP contribution >= 0.6 is 11.8 Å². The van der Waals surface area contributed by atoms with E-state index in [0.29, 0.717) is 12.8 Å². The highest BCUT2D eigenvalue weighted by molar-refractivity contribution is 6.13. The average molecular weight is 279 g/mol. The molecule has 7 heteroatoms. The van der Waals surface area contributed by atoms with Crippen LogP contribution in [-0.2, 0) is 9.53 Å². The number of hydrogen-bond donors (Lipinski definition) is 2. The van der Waals surface area contributed by atoms with E-state index in [1.165, 1.54) is 4.90 Å². The molecule has 0 saturated carbocycles. The summed E-state index contributed by atoms with van der Waals surface area (Å²) in [5.74, 6) is -1.02. The van der Waals surface area contributed by atoms with Gasteiger partial charge in [0.05, 0.1) is 0 Å². The van der Waals surface area contributed by atoms with E-state index in [4.69, 9.17) is 21.6 Å². The molecule has 1 amide bonds. The van der Waals surface area contributed by atoms with Crippen LogP contribution in [0.4, 0.5) is 4.79 Å². The minimum absolute atomic E-state index is 0.116. The van der Waals surface area contributed by atoms with Crippen molar-refractivity contribution in [2.24, 2.45) is 0 Å². The van der Waals surface area contributed by atoms with Crippen molar-refractivity contribution in [2.45, 2.75) is 51.3 Å². The minimum Gasteiger partial charge on any atom is -0.480 e. The normalized spacial score (nSPS) is 24.8. The van der Waals surface area contributed by atoms with Crippen LogP contribution in [0.5, 0.6) is 0 Å². The van der Waals surface area contributed by atoms with Crippen molar-refractivity contribution in [3.63, 3.8) is 0 Å². The van der Waals surface area contributed by atoms with E-state index < -0.39 is 23.7 Å². The van der Waals surface area contributed by atoms with Crippen LogP contribution in [0.15, 0.2) is 0 Å². The molecule has 1 heterocycles. The maximum atomic E-state index is 12.0. The minimum atomic E-state index is -1.02. The van der Waals surface area contributed by atoms with Gasteiger partial charge in [-0.05, 0) is 45.4 Å². The van der Waals surface area contributed by atoms with Gasteiger partial charge in [-0.3, -0.25) is 4.90 Å². The van der Waals surface area contributed by atoms with E-state index in [2.05, 4.69) is 4.84 Å². The quantitative estimate of drug-likeness (QED) is 0.750. The lowest BCUT2D eigenvalue weighted by molar-refractivity contribution is -0.144. The molecule has 104 valence electrons. The Balaban J connectivity index is 2.78. The number of ether oxygens (including phenoxy) is 1. The molecule has 0 bridgehead atoms. The first kappa shape index (κ1) is 15.0. The molecule has 0 aromatic carbocycles. The number of carboxylic acids is 1. The summed E-state index contributed by atoms with van der Waals surface area (Å²) in [6.07, 6.45) is 0.352. The van der Waals surface area contributed by atoms with Crippen LogP contribution in [0.3, 0.4) is 0 Å². The Bertz CT molecular complexity index is 329. The second kappa shape index (κ2) is 5.75. The standard InChI is InChI=1S/C11H19ClN2O4/c1-11(2,3)18-10(17)14-6-7(13-12)4-5-8(14)9(15)16/h7-8,13H,4-6H2,1-3H3,(H,15,16)/t7-,8+/m0/s1. The summed E-state index contributed by atoms with van der Waals surface area (Å²) in [4.78, 5) is 26.8. The van der Waals surface area contributed by atoms with Gasteiger partial charge in [0.15, 0.2) is 0 Å². The third kappa shape index (κ3) is 4.03. The predicted octanol–water partition coefficient (Wildman–Crippen LogP) is 1.58. The smallest absolute Gasteiger partial charge is 0.411 e. The number of carboxylic acid groups (broad SMARTS) is 1. The number of carbonyl (C=O) groups excluding carboxylic acids is 1. The van der Waals surface area contributed by atoms with Crippen molar-refractivity contribution in [1.29, 1.82) is 0 Å². The number of halogens is 1.